The van der Waals surface area contributed by atoms with Crippen LogP contribution in [0.2, 0.25) is 0 Å². The largest absolute Gasteiger partial charge is 0.335 e. The van der Waals surface area contributed by atoms with Gasteiger partial charge in [0.15, 0.2) is 0 Å². The van der Waals surface area contributed by atoms with Crippen molar-refractivity contribution in [2.45, 2.75) is 37.8 Å². The highest BCUT2D eigenvalue weighted by atomic mass is 19.1. The topological polar surface area (TPSA) is 44.4 Å². The quantitative estimate of drug-likeness (QED) is 0.900. The average molecular weight is 295 g/mol. The molecule has 114 valence electrons. The Morgan fingerprint density at radius 1 is 1.05 bits per heavy atom. The summed E-state index contributed by atoms with van der Waals surface area (Å²) >= 11 is 0. The Balaban J connectivity index is 1.47. The molecule has 0 radical (unpaired) electrons. The second-order valence-corrected chi connectivity index (χ2v) is 5.80. The summed E-state index contributed by atoms with van der Waals surface area (Å²) in [5.41, 5.74) is 0.125. The van der Waals surface area contributed by atoms with E-state index in [4.69, 9.17) is 0 Å². The standard InChI is InChI=1S/C15H19F2N3O/c16-10-7-11(17)9-13(8-10)19-15(21)18-12-3-5-20(6-4-12)14-1-2-14/h7-9,12,14H,1-6H2,(H2,18,19,21). The molecule has 0 spiro atoms. The number of carbonyl (C=O) groups excluding carboxylic acids is 1. The molecule has 0 bridgehead atoms. The summed E-state index contributed by atoms with van der Waals surface area (Å²) in [6, 6.07) is 3.44. The van der Waals surface area contributed by atoms with E-state index >= 15 is 0 Å². The lowest BCUT2D eigenvalue weighted by Gasteiger charge is -2.32. The maximum absolute atomic E-state index is 13.0. The molecule has 1 saturated carbocycles. The summed E-state index contributed by atoms with van der Waals surface area (Å²) in [6.45, 7) is 2.01. The van der Waals surface area contributed by atoms with Gasteiger partial charge in [-0.15, -0.1) is 0 Å². The molecule has 1 aliphatic carbocycles. The Hall–Kier alpha value is -1.69. The number of piperidine rings is 1. The third kappa shape index (κ3) is 3.91. The van der Waals surface area contributed by atoms with E-state index in [0.717, 1.165) is 50.2 Å². The summed E-state index contributed by atoms with van der Waals surface area (Å²) in [5, 5.41) is 5.34. The predicted octanol–water partition coefficient (Wildman–Crippen LogP) is 2.71. The second kappa shape index (κ2) is 5.97. The van der Waals surface area contributed by atoms with Gasteiger partial charge in [0.1, 0.15) is 11.6 Å². The number of likely N-dealkylation sites (tertiary alicyclic amines) is 1. The number of anilines is 1. The van der Waals surface area contributed by atoms with E-state index in [-0.39, 0.29) is 11.7 Å². The molecule has 4 nitrogen and oxygen atoms in total. The van der Waals surface area contributed by atoms with Gasteiger partial charge < -0.3 is 15.5 Å². The molecule has 0 unspecified atom stereocenters. The van der Waals surface area contributed by atoms with E-state index in [1.54, 1.807) is 0 Å². The molecule has 1 aromatic carbocycles. The zero-order valence-corrected chi connectivity index (χ0v) is 11.7. The van der Waals surface area contributed by atoms with Crippen molar-refractivity contribution in [1.82, 2.24) is 10.2 Å². The number of nitrogens with one attached hydrogen (secondary N) is 2. The van der Waals surface area contributed by atoms with Crippen LogP contribution in [0, 0.1) is 11.6 Å². The molecule has 3 rings (SSSR count). The number of halogens is 2. The van der Waals surface area contributed by atoms with Crippen molar-refractivity contribution in [2.24, 2.45) is 0 Å². The van der Waals surface area contributed by atoms with Crippen molar-refractivity contribution in [3.63, 3.8) is 0 Å². The van der Waals surface area contributed by atoms with Crippen LogP contribution in [0.25, 0.3) is 0 Å². The van der Waals surface area contributed by atoms with Crippen LogP contribution in [0.4, 0.5) is 19.3 Å². The molecule has 2 N–H and O–H groups in total. The first kappa shape index (κ1) is 14.3. The summed E-state index contributed by atoms with van der Waals surface area (Å²) in [6.07, 6.45) is 4.43. The van der Waals surface area contributed by atoms with Gasteiger partial charge in [-0.2, -0.15) is 0 Å². The first-order valence-electron chi connectivity index (χ1n) is 7.38. The van der Waals surface area contributed by atoms with Crippen LogP contribution in [0.1, 0.15) is 25.7 Å². The first-order valence-corrected chi connectivity index (χ1v) is 7.38. The van der Waals surface area contributed by atoms with Gasteiger partial charge in [0.25, 0.3) is 0 Å². The molecule has 2 aliphatic rings. The number of nitrogens with zero attached hydrogens (tertiary/aromatic N) is 1. The molecular weight excluding hydrogens is 276 g/mol. The third-order valence-corrected chi connectivity index (χ3v) is 4.05. The molecule has 1 aliphatic heterocycles. The highest BCUT2D eigenvalue weighted by molar-refractivity contribution is 5.89. The molecule has 1 aromatic rings. The minimum atomic E-state index is -0.706. The maximum Gasteiger partial charge on any atom is 0.319 e. The molecule has 2 fully saturated rings. The Morgan fingerprint density at radius 3 is 2.24 bits per heavy atom. The fourth-order valence-electron chi connectivity index (χ4n) is 2.83. The number of carbonyl (C=O) groups is 1. The number of urea groups is 1. The number of rotatable bonds is 3. The Morgan fingerprint density at radius 2 is 1.67 bits per heavy atom. The molecule has 0 aromatic heterocycles. The summed E-state index contributed by atoms with van der Waals surface area (Å²) < 4.78 is 26.1. The summed E-state index contributed by atoms with van der Waals surface area (Å²) in [7, 11) is 0. The van der Waals surface area contributed by atoms with Crippen LogP contribution >= 0.6 is 0 Å². The molecular formula is C15H19F2N3O. The van der Waals surface area contributed by atoms with E-state index in [1.807, 2.05) is 0 Å². The van der Waals surface area contributed by atoms with Crippen molar-refractivity contribution >= 4 is 11.7 Å². The lowest BCUT2D eigenvalue weighted by Crippen LogP contribution is -2.46. The van der Waals surface area contributed by atoms with Gasteiger partial charge in [0, 0.05) is 36.9 Å². The smallest absolute Gasteiger partial charge is 0.319 e. The van der Waals surface area contributed by atoms with Gasteiger partial charge in [0.05, 0.1) is 0 Å². The van der Waals surface area contributed by atoms with Gasteiger partial charge in [-0.1, -0.05) is 0 Å². The third-order valence-electron chi connectivity index (χ3n) is 4.05. The van der Waals surface area contributed by atoms with Crippen molar-refractivity contribution in [2.75, 3.05) is 18.4 Å². The minimum Gasteiger partial charge on any atom is -0.335 e. The second-order valence-electron chi connectivity index (χ2n) is 5.80. The molecule has 0 atom stereocenters. The van der Waals surface area contributed by atoms with Crippen LogP contribution < -0.4 is 10.6 Å². The summed E-state index contributed by atoms with van der Waals surface area (Å²) in [5.74, 6) is -1.41. The highest BCUT2D eigenvalue weighted by Crippen LogP contribution is 2.29. The van der Waals surface area contributed by atoms with E-state index < -0.39 is 17.7 Å². The SMILES string of the molecule is O=C(Nc1cc(F)cc(F)c1)NC1CCN(C2CC2)CC1. The first-order chi connectivity index (χ1) is 10.1. The van der Waals surface area contributed by atoms with Crippen LogP contribution in [0.5, 0.6) is 0 Å². The number of hydrogen-bond acceptors (Lipinski definition) is 2. The number of benzene rings is 1. The van der Waals surface area contributed by atoms with Crippen molar-refractivity contribution in [1.29, 1.82) is 0 Å². The van der Waals surface area contributed by atoms with Crippen molar-refractivity contribution < 1.29 is 13.6 Å². The Bertz CT molecular complexity index is 505. The molecule has 21 heavy (non-hydrogen) atoms. The van der Waals surface area contributed by atoms with Gasteiger partial charge in [0.2, 0.25) is 0 Å². The lowest BCUT2D eigenvalue weighted by molar-refractivity contribution is 0.189. The fourth-order valence-corrected chi connectivity index (χ4v) is 2.83. The van der Waals surface area contributed by atoms with E-state index in [1.165, 1.54) is 12.8 Å². The molecule has 1 heterocycles. The predicted molar refractivity (Wildman–Crippen MR) is 76.1 cm³/mol. The van der Waals surface area contributed by atoms with Crippen LogP contribution in [0.3, 0.4) is 0 Å². The highest BCUT2D eigenvalue weighted by Gasteiger charge is 2.32. The molecule has 2 amide bonds. The average Bonchev–Trinajstić information content (AvgIpc) is 3.22. The van der Waals surface area contributed by atoms with Gasteiger partial charge >= 0.3 is 6.03 Å². The zero-order valence-electron chi connectivity index (χ0n) is 11.7. The monoisotopic (exact) mass is 295 g/mol. The maximum atomic E-state index is 13.0. The lowest BCUT2D eigenvalue weighted by atomic mass is 10.1. The van der Waals surface area contributed by atoms with Crippen LogP contribution in [0.15, 0.2) is 18.2 Å². The van der Waals surface area contributed by atoms with E-state index in [0.29, 0.717) is 0 Å². The van der Waals surface area contributed by atoms with Gasteiger partial charge in [-0.3, -0.25) is 0 Å². The summed E-state index contributed by atoms with van der Waals surface area (Å²) in [4.78, 5) is 14.3. The fraction of sp³-hybridized carbons (Fsp3) is 0.533. The minimum absolute atomic E-state index is 0.124. The number of hydrogen-bond donors (Lipinski definition) is 2. The Kier molecular flexibility index (Phi) is 4.05. The van der Waals surface area contributed by atoms with Gasteiger partial charge in [-0.25, -0.2) is 13.6 Å². The number of amides is 2. The Labute approximate surface area is 122 Å². The van der Waals surface area contributed by atoms with Gasteiger partial charge in [-0.05, 0) is 37.8 Å². The van der Waals surface area contributed by atoms with Crippen LogP contribution in [-0.4, -0.2) is 36.1 Å². The normalized spacial score (nSPS) is 20.3. The van der Waals surface area contributed by atoms with Crippen molar-refractivity contribution in [3.8, 4) is 0 Å². The van der Waals surface area contributed by atoms with E-state index in [9.17, 15) is 13.6 Å². The van der Waals surface area contributed by atoms with E-state index in [2.05, 4.69) is 15.5 Å². The zero-order chi connectivity index (χ0) is 14.8. The molecule has 1 saturated heterocycles. The molecule has 6 heteroatoms. The van der Waals surface area contributed by atoms with Crippen molar-refractivity contribution in [3.05, 3.63) is 29.8 Å². The van der Waals surface area contributed by atoms with Crippen LogP contribution in [-0.2, 0) is 0 Å².